The van der Waals surface area contributed by atoms with Crippen LogP contribution < -0.4 is 5.43 Å². The first-order valence-corrected chi connectivity index (χ1v) is 8.24. The third kappa shape index (κ3) is 2.93. The van der Waals surface area contributed by atoms with Gasteiger partial charge < -0.3 is 13.8 Å². The molecule has 1 fully saturated rings. The summed E-state index contributed by atoms with van der Waals surface area (Å²) in [5.74, 6) is 1.22. The van der Waals surface area contributed by atoms with Crippen molar-refractivity contribution in [1.82, 2.24) is 15.0 Å². The number of carbonyl (C=O) groups is 1. The van der Waals surface area contributed by atoms with Gasteiger partial charge in [-0.3, -0.25) is 9.59 Å². The van der Waals surface area contributed by atoms with E-state index in [1.54, 1.807) is 36.1 Å². The van der Waals surface area contributed by atoms with Gasteiger partial charge in [-0.15, -0.1) is 0 Å². The molecule has 0 saturated carbocycles. The second-order valence-electron chi connectivity index (χ2n) is 6.22. The van der Waals surface area contributed by atoms with E-state index in [4.69, 9.17) is 8.94 Å². The summed E-state index contributed by atoms with van der Waals surface area (Å²) in [6.07, 6.45) is 1.48. The molecule has 0 atom stereocenters. The van der Waals surface area contributed by atoms with Gasteiger partial charge in [-0.25, -0.2) is 0 Å². The summed E-state index contributed by atoms with van der Waals surface area (Å²) in [6, 6.07) is 8.20. The van der Waals surface area contributed by atoms with Gasteiger partial charge in [0.15, 0.2) is 17.0 Å². The number of fused-ring (bicyclic) bond motifs is 1. The lowest BCUT2D eigenvalue weighted by Gasteiger charge is -2.29. The van der Waals surface area contributed by atoms with Gasteiger partial charge in [0.25, 0.3) is 5.91 Å². The lowest BCUT2D eigenvalue weighted by molar-refractivity contribution is 0.0673. The van der Waals surface area contributed by atoms with E-state index < -0.39 is 0 Å². The molecule has 7 nitrogen and oxygen atoms in total. The highest BCUT2D eigenvalue weighted by atomic mass is 16.5. The number of nitrogens with zero attached hydrogens (tertiary/aromatic N) is 3. The number of hydrogen-bond donors (Lipinski definition) is 0. The van der Waals surface area contributed by atoms with Crippen molar-refractivity contribution in [2.45, 2.75) is 25.7 Å². The molecule has 1 amide bonds. The Kier molecular flexibility index (Phi) is 3.83. The Morgan fingerprint density at radius 2 is 2.00 bits per heavy atom. The van der Waals surface area contributed by atoms with E-state index in [2.05, 4.69) is 10.1 Å². The Morgan fingerprint density at radius 1 is 1.24 bits per heavy atom. The van der Waals surface area contributed by atoms with Gasteiger partial charge in [-0.2, -0.15) is 4.98 Å². The number of para-hydroxylation sites is 1. The van der Waals surface area contributed by atoms with E-state index in [-0.39, 0.29) is 23.0 Å². The first-order valence-electron chi connectivity index (χ1n) is 8.24. The predicted octanol–water partition coefficient (Wildman–Crippen LogP) is 2.50. The van der Waals surface area contributed by atoms with Crippen LogP contribution in [0.15, 0.2) is 44.1 Å². The minimum absolute atomic E-state index is 0.0794. The fourth-order valence-electron chi connectivity index (χ4n) is 3.17. The van der Waals surface area contributed by atoms with Crippen molar-refractivity contribution in [3.63, 3.8) is 0 Å². The van der Waals surface area contributed by atoms with Crippen molar-refractivity contribution >= 4 is 16.9 Å². The number of rotatable bonds is 2. The van der Waals surface area contributed by atoms with E-state index in [1.807, 2.05) is 0 Å². The normalized spacial score (nSPS) is 15.6. The summed E-state index contributed by atoms with van der Waals surface area (Å²) in [4.78, 5) is 30.8. The number of aromatic nitrogens is 2. The van der Waals surface area contributed by atoms with Crippen LogP contribution in [0.2, 0.25) is 0 Å². The van der Waals surface area contributed by atoms with Gasteiger partial charge in [0.2, 0.25) is 5.89 Å². The number of amides is 1. The average molecular weight is 339 g/mol. The Bertz CT molecular complexity index is 983. The minimum atomic E-state index is -0.261. The smallest absolute Gasteiger partial charge is 0.289 e. The van der Waals surface area contributed by atoms with Gasteiger partial charge in [0.1, 0.15) is 5.58 Å². The van der Waals surface area contributed by atoms with Crippen LogP contribution in [0.4, 0.5) is 0 Å². The van der Waals surface area contributed by atoms with Gasteiger partial charge in [0, 0.05) is 25.1 Å². The fourth-order valence-corrected chi connectivity index (χ4v) is 3.17. The van der Waals surface area contributed by atoms with Crippen LogP contribution in [-0.4, -0.2) is 34.0 Å². The van der Waals surface area contributed by atoms with Crippen molar-refractivity contribution < 1.29 is 13.7 Å². The summed E-state index contributed by atoms with van der Waals surface area (Å²) in [5, 5.41) is 4.29. The fraction of sp³-hybridized carbons (Fsp3) is 0.333. The third-order valence-electron chi connectivity index (χ3n) is 4.52. The van der Waals surface area contributed by atoms with E-state index in [0.29, 0.717) is 35.8 Å². The molecule has 128 valence electrons. The zero-order valence-corrected chi connectivity index (χ0v) is 13.8. The topological polar surface area (TPSA) is 89.4 Å². The maximum Gasteiger partial charge on any atom is 0.289 e. The number of aryl methyl sites for hydroxylation is 1. The number of piperidine rings is 1. The van der Waals surface area contributed by atoms with Crippen LogP contribution in [0.1, 0.15) is 41.0 Å². The summed E-state index contributed by atoms with van der Waals surface area (Å²) in [5.41, 5.74) is 0.219. The molecule has 2 aromatic heterocycles. The van der Waals surface area contributed by atoms with Crippen LogP contribution in [0, 0.1) is 6.92 Å². The SMILES string of the molecule is Cc1noc(C2CCN(C(=O)c3cc(=O)c4ccccc4o3)CC2)n1. The Balaban J connectivity index is 1.51. The molecule has 1 aromatic carbocycles. The zero-order valence-electron chi connectivity index (χ0n) is 13.8. The molecular formula is C18H17N3O4. The maximum atomic E-state index is 12.7. The molecule has 1 aliphatic rings. The monoisotopic (exact) mass is 339 g/mol. The molecule has 0 unspecified atom stereocenters. The molecule has 0 radical (unpaired) electrons. The highest BCUT2D eigenvalue weighted by Gasteiger charge is 2.29. The molecule has 0 spiro atoms. The van der Waals surface area contributed by atoms with Crippen LogP contribution in [0.3, 0.4) is 0 Å². The minimum Gasteiger partial charge on any atom is -0.451 e. The van der Waals surface area contributed by atoms with Crippen molar-refractivity contribution in [1.29, 1.82) is 0 Å². The van der Waals surface area contributed by atoms with Gasteiger partial charge in [0.05, 0.1) is 5.39 Å². The van der Waals surface area contributed by atoms with Crippen molar-refractivity contribution in [3.8, 4) is 0 Å². The molecule has 0 N–H and O–H groups in total. The van der Waals surface area contributed by atoms with Gasteiger partial charge >= 0.3 is 0 Å². The largest absolute Gasteiger partial charge is 0.451 e. The zero-order chi connectivity index (χ0) is 17.4. The second-order valence-corrected chi connectivity index (χ2v) is 6.22. The molecule has 4 rings (SSSR count). The van der Waals surface area contributed by atoms with E-state index in [1.165, 1.54) is 6.07 Å². The maximum absolute atomic E-state index is 12.7. The molecular weight excluding hydrogens is 322 g/mol. The molecule has 3 heterocycles. The quantitative estimate of drug-likeness (QED) is 0.712. The molecule has 25 heavy (non-hydrogen) atoms. The number of hydrogen-bond acceptors (Lipinski definition) is 6. The standard InChI is InChI=1S/C18H17N3O4/c1-11-19-17(25-20-11)12-6-8-21(9-7-12)18(23)16-10-14(22)13-4-2-3-5-15(13)24-16/h2-5,10,12H,6-9H2,1H3. The molecule has 0 aliphatic carbocycles. The van der Waals surface area contributed by atoms with Crippen LogP contribution >= 0.6 is 0 Å². The lowest BCUT2D eigenvalue weighted by atomic mass is 9.96. The summed E-state index contributed by atoms with van der Waals surface area (Å²) < 4.78 is 10.9. The van der Waals surface area contributed by atoms with E-state index in [9.17, 15) is 9.59 Å². The van der Waals surface area contributed by atoms with E-state index >= 15 is 0 Å². The Hall–Kier alpha value is -2.96. The highest BCUT2D eigenvalue weighted by molar-refractivity contribution is 5.93. The Morgan fingerprint density at radius 3 is 2.72 bits per heavy atom. The summed E-state index contributed by atoms with van der Waals surface area (Å²) >= 11 is 0. The predicted molar refractivity (Wildman–Crippen MR) is 89.4 cm³/mol. The molecule has 1 aliphatic heterocycles. The first-order chi connectivity index (χ1) is 12.1. The summed E-state index contributed by atoms with van der Waals surface area (Å²) in [7, 11) is 0. The summed E-state index contributed by atoms with van der Waals surface area (Å²) in [6.45, 7) is 2.90. The van der Waals surface area contributed by atoms with Crippen molar-refractivity contribution in [2.24, 2.45) is 0 Å². The van der Waals surface area contributed by atoms with Crippen LogP contribution in [-0.2, 0) is 0 Å². The molecule has 7 heteroatoms. The number of benzene rings is 1. The van der Waals surface area contributed by atoms with Crippen LogP contribution in [0.25, 0.3) is 11.0 Å². The van der Waals surface area contributed by atoms with Crippen molar-refractivity contribution in [2.75, 3.05) is 13.1 Å². The number of carbonyl (C=O) groups excluding carboxylic acids is 1. The average Bonchev–Trinajstić information content (AvgIpc) is 3.07. The molecule has 1 saturated heterocycles. The second kappa shape index (κ2) is 6.16. The molecule has 0 bridgehead atoms. The highest BCUT2D eigenvalue weighted by Crippen LogP contribution is 2.27. The Labute approximate surface area is 143 Å². The van der Waals surface area contributed by atoms with Gasteiger partial charge in [-0.1, -0.05) is 17.3 Å². The van der Waals surface area contributed by atoms with Crippen molar-refractivity contribution in [3.05, 3.63) is 58.0 Å². The van der Waals surface area contributed by atoms with Gasteiger partial charge in [-0.05, 0) is 31.9 Å². The van der Waals surface area contributed by atoms with Crippen LogP contribution in [0.5, 0.6) is 0 Å². The third-order valence-corrected chi connectivity index (χ3v) is 4.52. The number of likely N-dealkylation sites (tertiary alicyclic amines) is 1. The first kappa shape index (κ1) is 15.6. The molecule has 3 aromatic rings. The lowest BCUT2D eigenvalue weighted by Crippen LogP contribution is -2.38. The van der Waals surface area contributed by atoms with E-state index in [0.717, 1.165) is 12.8 Å².